The Hall–Kier alpha value is -3.78. The normalized spacial score (nSPS) is 12.7. The number of aryl methyl sites for hydroxylation is 1. The minimum atomic E-state index is -4.90. The van der Waals surface area contributed by atoms with Crippen LogP contribution in [0.2, 0.25) is 0 Å². The highest BCUT2D eigenvalue weighted by atomic mass is 32.2. The van der Waals surface area contributed by atoms with Crippen molar-refractivity contribution in [3.05, 3.63) is 54.1 Å². The highest BCUT2D eigenvalue weighted by Gasteiger charge is 2.23. The van der Waals surface area contributed by atoms with Gasteiger partial charge in [-0.15, -0.1) is 10.2 Å². The van der Waals surface area contributed by atoms with Crippen molar-refractivity contribution >= 4 is 58.8 Å². The summed E-state index contributed by atoms with van der Waals surface area (Å²) in [7, 11) is -9.65. The van der Waals surface area contributed by atoms with Gasteiger partial charge < -0.3 is 15.9 Å². The van der Waals surface area contributed by atoms with Gasteiger partial charge >= 0.3 is 0 Å². The smallest absolute Gasteiger partial charge is 0.296 e. The Labute approximate surface area is 193 Å². The molecule has 0 atom stereocenters. The molecule has 0 aromatic heterocycles. The summed E-state index contributed by atoms with van der Waals surface area (Å²) in [5.41, 5.74) is 5.53. The monoisotopic (exact) mass is 503 g/mol. The molecular formula is C21H17N3O8S2. The summed E-state index contributed by atoms with van der Waals surface area (Å²) < 4.78 is 67.1. The van der Waals surface area contributed by atoms with Crippen LogP contribution in [0.15, 0.2) is 68.6 Å². The number of rotatable bonds is 4. The predicted octanol–water partition coefficient (Wildman–Crippen LogP) is 4.20. The molecule has 0 heterocycles. The third-order valence-corrected chi connectivity index (χ3v) is 6.86. The van der Waals surface area contributed by atoms with Gasteiger partial charge in [0.15, 0.2) is 11.5 Å². The summed E-state index contributed by atoms with van der Waals surface area (Å²) in [6.45, 7) is 1.69. The van der Waals surface area contributed by atoms with Crippen LogP contribution < -0.4 is 5.73 Å². The fourth-order valence-corrected chi connectivity index (χ4v) is 4.90. The van der Waals surface area contributed by atoms with Crippen molar-refractivity contribution in [1.29, 1.82) is 0 Å². The predicted molar refractivity (Wildman–Crippen MR) is 124 cm³/mol. The lowest BCUT2D eigenvalue weighted by atomic mass is 10.1. The average Bonchev–Trinajstić information content (AvgIpc) is 2.72. The summed E-state index contributed by atoms with van der Waals surface area (Å²) in [5.74, 6) is -1.16. The molecule has 0 aliphatic carbocycles. The van der Waals surface area contributed by atoms with Crippen LogP contribution in [0.25, 0.3) is 21.5 Å². The maximum atomic E-state index is 12.0. The molecule has 0 radical (unpaired) electrons. The first kappa shape index (κ1) is 23.4. The lowest BCUT2D eigenvalue weighted by Gasteiger charge is -2.11. The fourth-order valence-electron chi connectivity index (χ4n) is 3.53. The van der Waals surface area contributed by atoms with Gasteiger partial charge in [-0.05, 0) is 48.7 Å². The number of hydrogen-bond donors (Lipinski definition) is 5. The number of phenolic OH excluding ortho intramolecular Hbond substituents is 2. The van der Waals surface area contributed by atoms with Gasteiger partial charge in [-0.1, -0.05) is 17.7 Å². The van der Waals surface area contributed by atoms with Crippen LogP contribution in [-0.4, -0.2) is 36.2 Å². The van der Waals surface area contributed by atoms with Crippen molar-refractivity contribution < 1.29 is 36.2 Å². The van der Waals surface area contributed by atoms with Crippen LogP contribution in [0.1, 0.15) is 5.56 Å². The van der Waals surface area contributed by atoms with Crippen molar-refractivity contribution in [1.82, 2.24) is 0 Å². The molecule has 4 aromatic rings. The van der Waals surface area contributed by atoms with Gasteiger partial charge in [-0.3, -0.25) is 9.11 Å². The Balaban J connectivity index is 2.01. The first-order valence-electron chi connectivity index (χ1n) is 9.45. The number of aromatic hydroxyl groups is 2. The molecule has 176 valence electrons. The summed E-state index contributed by atoms with van der Waals surface area (Å²) in [4.78, 5) is -1.36. The van der Waals surface area contributed by atoms with E-state index in [1.54, 1.807) is 13.0 Å². The number of hydrogen-bond acceptors (Lipinski definition) is 9. The lowest BCUT2D eigenvalue weighted by molar-refractivity contribution is 0.472. The molecule has 11 nitrogen and oxygen atoms in total. The van der Waals surface area contributed by atoms with E-state index in [2.05, 4.69) is 10.2 Å². The molecule has 0 unspecified atom stereocenters. The van der Waals surface area contributed by atoms with E-state index in [0.29, 0.717) is 5.56 Å². The van der Waals surface area contributed by atoms with Crippen LogP contribution in [-0.2, 0) is 20.2 Å². The topological polar surface area (TPSA) is 200 Å². The molecule has 0 saturated carbocycles. The Kier molecular flexibility index (Phi) is 5.44. The first-order valence-corrected chi connectivity index (χ1v) is 12.3. The van der Waals surface area contributed by atoms with Crippen molar-refractivity contribution in [2.24, 2.45) is 10.2 Å². The molecule has 4 aromatic carbocycles. The summed E-state index contributed by atoms with van der Waals surface area (Å²) in [6.07, 6.45) is 0. The molecule has 0 fully saturated rings. The van der Waals surface area contributed by atoms with Crippen LogP contribution >= 0.6 is 0 Å². The molecule has 6 N–H and O–H groups in total. The van der Waals surface area contributed by atoms with Gasteiger partial charge in [-0.25, -0.2) is 0 Å². The van der Waals surface area contributed by atoms with E-state index in [9.17, 15) is 36.2 Å². The standard InChI is InChI=1S/C21H17N3O8S2/c1-10-2-4-14-15(6-10)17(33(27,28)29)9-16(20(14)25)23-24-19-18(34(30,31)32)8-11-7-12(22)3-5-13(11)21(19)26/h2-9,25-26H,22H2,1H3,(H,27,28,29)(H,30,31,32). The zero-order valence-corrected chi connectivity index (χ0v) is 19.0. The van der Waals surface area contributed by atoms with Gasteiger partial charge in [0, 0.05) is 21.8 Å². The van der Waals surface area contributed by atoms with E-state index < -0.39 is 52.9 Å². The zero-order chi connectivity index (χ0) is 25.0. The fraction of sp³-hybridized carbons (Fsp3) is 0.0476. The summed E-state index contributed by atoms with van der Waals surface area (Å²) >= 11 is 0. The van der Waals surface area contributed by atoms with Gasteiger partial charge in [-0.2, -0.15) is 16.8 Å². The van der Waals surface area contributed by atoms with Gasteiger partial charge in [0.05, 0.1) is 0 Å². The highest BCUT2D eigenvalue weighted by molar-refractivity contribution is 7.86. The van der Waals surface area contributed by atoms with Crippen molar-refractivity contribution in [3.8, 4) is 11.5 Å². The molecule has 0 aliphatic rings. The molecule has 34 heavy (non-hydrogen) atoms. The number of phenols is 2. The Bertz CT molecular complexity index is 1750. The minimum absolute atomic E-state index is 0.0305. The number of nitrogens with two attached hydrogens (primary N) is 1. The number of fused-ring (bicyclic) bond motifs is 2. The zero-order valence-electron chi connectivity index (χ0n) is 17.3. The van der Waals surface area contributed by atoms with Crippen LogP contribution in [0.3, 0.4) is 0 Å². The maximum Gasteiger partial charge on any atom is 0.296 e. The number of azo groups is 1. The molecule has 0 saturated heterocycles. The highest BCUT2D eigenvalue weighted by Crippen LogP contribution is 2.44. The molecule has 0 spiro atoms. The van der Waals surface area contributed by atoms with Crippen molar-refractivity contribution in [2.45, 2.75) is 16.7 Å². The SMILES string of the molecule is Cc1ccc2c(O)c(N=Nc3c(S(=O)(=O)O)cc4cc(N)ccc4c3O)cc(S(=O)(=O)O)c2c1. The molecule has 0 amide bonds. The number of benzene rings is 4. The van der Waals surface area contributed by atoms with Crippen molar-refractivity contribution in [3.63, 3.8) is 0 Å². The molecule has 13 heteroatoms. The second-order valence-corrected chi connectivity index (χ2v) is 10.3. The quantitative estimate of drug-likeness (QED) is 0.154. The molecule has 0 bridgehead atoms. The Morgan fingerprint density at radius 1 is 0.735 bits per heavy atom. The van der Waals surface area contributed by atoms with E-state index in [-0.39, 0.29) is 27.2 Å². The first-order chi connectivity index (χ1) is 15.8. The summed E-state index contributed by atoms with van der Waals surface area (Å²) in [5, 5.41) is 29.1. The maximum absolute atomic E-state index is 12.0. The van der Waals surface area contributed by atoms with Crippen LogP contribution in [0.5, 0.6) is 11.5 Å². The number of nitrogens with zero attached hydrogens (tertiary/aromatic N) is 2. The van der Waals surface area contributed by atoms with Crippen LogP contribution in [0, 0.1) is 6.92 Å². The lowest BCUT2D eigenvalue weighted by Crippen LogP contribution is -2.00. The summed E-state index contributed by atoms with van der Waals surface area (Å²) in [6, 6.07) is 10.5. The number of anilines is 1. The van der Waals surface area contributed by atoms with Gasteiger partial charge in [0.2, 0.25) is 0 Å². The van der Waals surface area contributed by atoms with Gasteiger partial charge in [0.25, 0.3) is 20.2 Å². The minimum Gasteiger partial charge on any atom is -0.505 e. The Morgan fingerprint density at radius 2 is 1.38 bits per heavy atom. The van der Waals surface area contributed by atoms with E-state index in [1.807, 2.05) is 0 Å². The van der Waals surface area contributed by atoms with Crippen molar-refractivity contribution in [2.75, 3.05) is 5.73 Å². The third kappa shape index (κ3) is 4.12. The van der Waals surface area contributed by atoms with E-state index in [0.717, 1.165) is 12.1 Å². The van der Waals surface area contributed by atoms with E-state index in [1.165, 1.54) is 30.3 Å². The van der Waals surface area contributed by atoms with E-state index >= 15 is 0 Å². The second kappa shape index (κ2) is 7.92. The van der Waals surface area contributed by atoms with Gasteiger partial charge in [0.1, 0.15) is 21.2 Å². The van der Waals surface area contributed by atoms with Crippen LogP contribution in [0.4, 0.5) is 17.1 Å². The van der Waals surface area contributed by atoms with E-state index in [4.69, 9.17) is 5.73 Å². The molecular weight excluding hydrogens is 486 g/mol. The Morgan fingerprint density at radius 3 is 2.03 bits per heavy atom. The molecule has 0 aliphatic heterocycles. The third-order valence-electron chi connectivity index (χ3n) is 5.09. The number of nitrogen functional groups attached to an aromatic ring is 1. The largest absolute Gasteiger partial charge is 0.505 e. The molecule has 4 rings (SSSR count). The average molecular weight is 504 g/mol. The second-order valence-electron chi connectivity index (χ2n) is 7.49.